The molecule has 2 aromatic heterocycles. The van der Waals surface area contributed by atoms with Crippen LogP contribution in [0.5, 0.6) is 5.75 Å². The summed E-state index contributed by atoms with van der Waals surface area (Å²) in [5.74, 6) is -0.318. The van der Waals surface area contributed by atoms with Crippen LogP contribution in [0.1, 0.15) is 31.9 Å². The average Bonchev–Trinajstić information content (AvgIpc) is 3.32. The second kappa shape index (κ2) is 11.3. The smallest absolute Gasteiger partial charge is 0.410 e. The number of hydrogen-bond donors (Lipinski definition) is 0. The number of carbonyl (C=O) groups is 1. The minimum absolute atomic E-state index is 0.0390. The van der Waals surface area contributed by atoms with Gasteiger partial charge in [0.25, 0.3) is 10.0 Å². The molecule has 4 aromatic rings. The van der Waals surface area contributed by atoms with Gasteiger partial charge in [0.2, 0.25) is 0 Å². The normalized spacial score (nSPS) is 11.7. The molecule has 0 saturated carbocycles. The second-order valence-corrected chi connectivity index (χ2v) is 11.8. The van der Waals surface area contributed by atoms with Crippen molar-refractivity contribution in [3.05, 3.63) is 102 Å². The summed E-state index contributed by atoms with van der Waals surface area (Å²) in [5, 5.41) is 0. The summed E-state index contributed by atoms with van der Waals surface area (Å²) >= 11 is 0. The highest BCUT2D eigenvalue weighted by molar-refractivity contribution is 7.90. The van der Waals surface area contributed by atoms with Gasteiger partial charge in [0.1, 0.15) is 28.7 Å². The Morgan fingerprint density at radius 1 is 1.00 bits per heavy atom. The zero-order valence-electron chi connectivity index (χ0n) is 22.2. The van der Waals surface area contributed by atoms with Crippen LogP contribution in [0.3, 0.4) is 0 Å². The molecule has 0 bridgehead atoms. The van der Waals surface area contributed by atoms with E-state index >= 15 is 0 Å². The summed E-state index contributed by atoms with van der Waals surface area (Å²) < 4.78 is 54.7. The van der Waals surface area contributed by atoms with E-state index in [-0.39, 0.29) is 35.1 Å². The summed E-state index contributed by atoms with van der Waals surface area (Å²) in [6.07, 6.45) is 3.44. The molecular formula is C29H30FN3O5S. The zero-order chi connectivity index (χ0) is 28.2. The van der Waals surface area contributed by atoms with Gasteiger partial charge in [-0.2, -0.15) is 0 Å². The number of amides is 1. The van der Waals surface area contributed by atoms with Gasteiger partial charge in [-0.1, -0.05) is 42.5 Å². The van der Waals surface area contributed by atoms with Crippen LogP contribution in [0.25, 0.3) is 11.3 Å². The first-order valence-corrected chi connectivity index (χ1v) is 13.7. The van der Waals surface area contributed by atoms with Gasteiger partial charge in [-0.05, 0) is 50.1 Å². The quantitative estimate of drug-likeness (QED) is 0.272. The number of hydrogen-bond acceptors (Lipinski definition) is 6. The van der Waals surface area contributed by atoms with Gasteiger partial charge >= 0.3 is 6.09 Å². The third-order valence-corrected chi connectivity index (χ3v) is 7.25. The fourth-order valence-corrected chi connectivity index (χ4v) is 5.17. The first kappa shape index (κ1) is 27.8. The summed E-state index contributed by atoms with van der Waals surface area (Å²) in [6.45, 7) is 5.53. The van der Waals surface area contributed by atoms with Gasteiger partial charge in [0, 0.05) is 31.1 Å². The number of benzene rings is 2. The number of aromatic nitrogens is 2. The molecule has 2 heterocycles. The van der Waals surface area contributed by atoms with Crippen LogP contribution in [-0.4, -0.2) is 41.0 Å². The number of rotatable bonds is 8. The van der Waals surface area contributed by atoms with Crippen molar-refractivity contribution in [3.8, 4) is 17.0 Å². The minimum Gasteiger partial charge on any atom is -0.487 e. The number of carbonyl (C=O) groups excluding carboxylic acids is 1. The lowest BCUT2D eigenvalue weighted by molar-refractivity contribution is 0.0285. The molecule has 1 amide bonds. The molecule has 0 aliphatic carbocycles. The van der Waals surface area contributed by atoms with E-state index in [4.69, 9.17) is 9.47 Å². The minimum atomic E-state index is -4.23. The monoisotopic (exact) mass is 551 g/mol. The van der Waals surface area contributed by atoms with E-state index in [9.17, 15) is 17.6 Å². The highest BCUT2D eigenvalue weighted by Gasteiger charge is 2.26. The largest absolute Gasteiger partial charge is 0.487 e. The van der Waals surface area contributed by atoms with Gasteiger partial charge in [0.05, 0.1) is 18.4 Å². The van der Waals surface area contributed by atoms with E-state index in [0.29, 0.717) is 5.56 Å². The lowest BCUT2D eigenvalue weighted by Gasteiger charge is -2.24. The Hall–Kier alpha value is -4.18. The summed E-state index contributed by atoms with van der Waals surface area (Å²) in [7, 11) is -2.69. The predicted octanol–water partition coefficient (Wildman–Crippen LogP) is 5.87. The molecule has 0 atom stereocenters. The van der Waals surface area contributed by atoms with Crippen molar-refractivity contribution in [3.63, 3.8) is 0 Å². The molecule has 39 heavy (non-hydrogen) atoms. The Morgan fingerprint density at radius 2 is 1.69 bits per heavy atom. The Kier molecular flexibility index (Phi) is 8.06. The van der Waals surface area contributed by atoms with Gasteiger partial charge in [-0.25, -0.2) is 21.6 Å². The summed E-state index contributed by atoms with van der Waals surface area (Å²) in [5.41, 5.74) is 0.888. The number of nitrogens with zero attached hydrogens (tertiary/aromatic N) is 3. The number of pyridine rings is 1. The number of halogens is 1. The van der Waals surface area contributed by atoms with Crippen LogP contribution in [0.15, 0.2) is 90.2 Å². The molecule has 0 unspecified atom stereocenters. The van der Waals surface area contributed by atoms with Crippen molar-refractivity contribution in [2.24, 2.45) is 0 Å². The van der Waals surface area contributed by atoms with E-state index in [0.717, 1.165) is 9.54 Å². The van der Waals surface area contributed by atoms with Gasteiger partial charge in [-0.15, -0.1) is 0 Å². The maximum absolute atomic E-state index is 14.8. The van der Waals surface area contributed by atoms with Crippen LogP contribution in [0.4, 0.5) is 9.18 Å². The fraction of sp³-hybridized carbons (Fsp3) is 0.241. The Labute approximate surface area is 227 Å². The summed E-state index contributed by atoms with van der Waals surface area (Å²) in [4.78, 5) is 17.7. The maximum Gasteiger partial charge on any atom is 0.410 e. The summed E-state index contributed by atoms with van der Waals surface area (Å²) in [6, 6.07) is 18.3. The molecule has 2 aromatic carbocycles. The van der Waals surface area contributed by atoms with Crippen molar-refractivity contribution < 1.29 is 27.1 Å². The topological polar surface area (TPSA) is 90.7 Å². The van der Waals surface area contributed by atoms with Gasteiger partial charge in [-0.3, -0.25) is 4.98 Å². The molecule has 0 spiro atoms. The Balaban J connectivity index is 1.69. The first-order valence-electron chi connectivity index (χ1n) is 12.2. The number of ether oxygens (including phenoxy) is 2. The van der Waals surface area contributed by atoms with Crippen LogP contribution in [0, 0.1) is 5.82 Å². The molecule has 4 rings (SSSR count). The van der Waals surface area contributed by atoms with Crippen molar-refractivity contribution >= 4 is 16.1 Å². The van der Waals surface area contributed by atoms with E-state index in [1.54, 1.807) is 40.0 Å². The van der Waals surface area contributed by atoms with Crippen molar-refractivity contribution in [2.45, 2.75) is 44.4 Å². The highest BCUT2D eigenvalue weighted by Crippen LogP contribution is 2.30. The van der Waals surface area contributed by atoms with E-state index < -0.39 is 27.5 Å². The van der Waals surface area contributed by atoms with E-state index in [1.165, 1.54) is 47.8 Å². The van der Waals surface area contributed by atoms with Crippen LogP contribution in [0.2, 0.25) is 0 Å². The van der Waals surface area contributed by atoms with Crippen LogP contribution < -0.4 is 4.74 Å². The molecule has 0 N–H and O–H groups in total. The molecule has 0 fully saturated rings. The zero-order valence-corrected chi connectivity index (χ0v) is 23.0. The van der Waals surface area contributed by atoms with Crippen molar-refractivity contribution in [2.75, 3.05) is 7.05 Å². The van der Waals surface area contributed by atoms with Crippen LogP contribution in [-0.2, 0) is 27.9 Å². The van der Waals surface area contributed by atoms with Gasteiger partial charge < -0.3 is 14.4 Å². The maximum atomic E-state index is 14.8. The third-order valence-electron chi connectivity index (χ3n) is 5.61. The molecular weight excluding hydrogens is 521 g/mol. The van der Waals surface area contributed by atoms with Gasteiger partial charge in [0.15, 0.2) is 0 Å². The predicted molar refractivity (Wildman–Crippen MR) is 145 cm³/mol. The molecule has 204 valence electrons. The highest BCUT2D eigenvalue weighted by atomic mass is 32.2. The first-order chi connectivity index (χ1) is 18.4. The standard InChI is InChI=1S/C29H30FN3O5S/c1-29(2,3)38-28(34)32(4)18-22-14-27(25-12-8-9-13-26(25)30)33(19-22)39(35,36)24-15-23(16-31-17-24)37-20-21-10-6-5-7-11-21/h5-17,19H,18,20H2,1-4H3. The lowest BCUT2D eigenvalue weighted by Crippen LogP contribution is -2.33. The Bertz CT molecular complexity index is 1560. The lowest BCUT2D eigenvalue weighted by atomic mass is 10.1. The second-order valence-electron chi connectivity index (χ2n) is 9.98. The Morgan fingerprint density at radius 3 is 2.38 bits per heavy atom. The average molecular weight is 552 g/mol. The van der Waals surface area contributed by atoms with Crippen molar-refractivity contribution in [1.82, 2.24) is 13.9 Å². The molecule has 0 aliphatic rings. The molecule has 10 heteroatoms. The molecule has 0 radical (unpaired) electrons. The SMILES string of the molecule is CN(Cc1cc(-c2ccccc2F)n(S(=O)(=O)c2cncc(OCc3ccccc3)c2)c1)C(=O)OC(C)(C)C. The van der Waals surface area contributed by atoms with Crippen LogP contribution >= 0.6 is 0 Å². The molecule has 8 nitrogen and oxygen atoms in total. The van der Waals surface area contributed by atoms with E-state index in [2.05, 4.69) is 4.98 Å². The fourth-order valence-electron chi connectivity index (χ4n) is 3.80. The third kappa shape index (κ3) is 6.83. The van der Waals surface area contributed by atoms with Crippen molar-refractivity contribution in [1.29, 1.82) is 0 Å². The molecule has 0 aliphatic heterocycles. The molecule has 0 saturated heterocycles. The van der Waals surface area contributed by atoms with E-state index in [1.807, 2.05) is 30.3 Å².